The minimum Gasteiger partial charge on any atom is -0.375 e. The Labute approximate surface area is 153 Å². The van der Waals surface area contributed by atoms with Crippen molar-refractivity contribution in [2.24, 2.45) is 0 Å². The summed E-state index contributed by atoms with van der Waals surface area (Å²) in [6.45, 7) is 6.75. The fourth-order valence-corrected chi connectivity index (χ4v) is 5.25. The van der Waals surface area contributed by atoms with Crippen molar-refractivity contribution in [3.8, 4) is 0 Å². The highest BCUT2D eigenvalue weighted by Crippen LogP contribution is 2.61. The molecule has 0 amide bonds. The van der Waals surface area contributed by atoms with Crippen LogP contribution in [0.2, 0.25) is 0 Å². The van der Waals surface area contributed by atoms with E-state index in [4.69, 9.17) is 18.1 Å². The predicted octanol–water partition coefficient (Wildman–Crippen LogP) is 3.60. The summed E-state index contributed by atoms with van der Waals surface area (Å²) in [5.74, 6) is -3.32. The average Bonchev–Trinajstić information content (AvgIpc) is 2.61. The predicted molar refractivity (Wildman–Crippen MR) is 95.9 cm³/mol. The first-order valence-electron chi connectivity index (χ1n) is 8.38. The molecule has 1 rings (SSSR count). The van der Waals surface area contributed by atoms with Gasteiger partial charge in [0, 0.05) is 0 Å². The third-order valence-corrected chi connectivity index (χ3v) is 7.36. The van der Waals surface area contributed by atoms with E-state index in [0.29, 0.717) is 0 Å². The molecule has 0 spiro atoms. The molecule has 2 N–H and O–H groups in total. The largest absolute Gasteiger partial charge is 0.375 e. The number of aliphatic hydroxyl groups excluding tert-OH is 2. The molecule has 0 aliphatic heterocycles. The van der Waals surface area contributed by atoms with Gasteiger partial charge in [-0.2, -0.15) is 0 Å². The van der Waals surface area contributed by atoms with Crippen molar-refractivity contribution < 1.29 is 37.4 Å². The maximum atomic E-state index is 12.7. The van der Waals surface area contributed by atoms with E-state index in [9.17, 15) is 19.3 Å². The van der Waals surface area contributed by atoms with Crippen LogP contribution in [0.15, 0.2) is 18.2 Å². The summed E-state index contributed by atoms with van der Waals surface area (Å²) in [4.78, 5) is 4.07. The second-order valence-electron chi connectivity index (χ2n) is 4.99. The minimum absolute atomic E-state index is 0.0497. The van der Waals surface area contributed by atoms with Crippen molar-refractivity contribution in [1.82, 2.24) is 4.98 Å². The molecule has 0 radical (unpaired) electrons. The number of nitrogens with zero attached hydrogens (tertiary/aromatic N) is 1. The zero-order chi connectivity index (χ0) is 19.8. The maximum absolute atomic E-state index is 12.7. The van der Waals surface area contributed by atoms with Gasteiger partial charge in [0.2, 0.25) is 0 Å². The second kappa shape index (κ2) is 10.6. The van der Waals surface area contributed by atoms with E-state index in [0.717, 1.165) is 0 Å². The summed E-state index contributed by atoms with van der Waals surface area (Å²) in [5, 5.41) is 20.9. The molecule has 150 valence electrons. The molecule has 2 atom stereocenters. The van der Waals surface area contributed by atoms with Crippen LogP contribution in [0.4, 0.5) is 0 Å². The van der Waals surface area contributed by atoms with Crippen LogP contribution in [0, 0.1) is 0 Å². The third-order valence-electron chi connectivity index (χ3n) is 3.16. The van der Waals surface area contributed by atoms with Crippen molar-refractivity contribution in [1.29, 1.82) is 0 Å². The van der Waals surface area contributed by atoms with E-state index in [2.05, 4.69) is 4.98 Å². The van der Waals surface area contributed by atoms with Crippen LogP contribution >= 0.6 is 15.2 Å². The topological polar surface area (TPSA) is 124 Å². The van der Waals surface area contributed by atoms with E-state index in [1.54, 1.807) is 27.7 Å². The normalized spacial score (nSPS) is 15.0. The van der Waals surface area contributed by atoms with Crippen molar-refractivity contribution in [2.45, 2.75) is 39.4 Å². The molecule has 11 heteroatoms. The van der Waals surface area contributed by atoms with E-state index in [-0.39, 0.29) is 37.8 Å². The Hall–Kier alpha value is -0.630. The van der Waals surface area contributed by atoms with Gasteiger partial charge in [-0.25, -0.2) is 0 Å². The minimum atomic E-state index is -3.87. The number of rotatable bonds is 12. The van der Waals surface area contributed by atoms with Gasteiger partial charge >= 0.3 is 15.2 Å². The van der Waals surface area contributed by atoms with Gasteiger partial charge < -0.3 is 28.3 Å². The molecule has 0 aliphatic rings. The molecule has 0 bridgehead atoms. The average molecular weight is 411 g/mol. The third kappa shape index (κ3) is 5.68. The maximum Gasteiger partial charge on any atom is 0.365 e. The molecule has 2 unspecified atom stereocenters. The second-order valence-corrected chi connectivity index (χ2v) is 9.16. The first-order chi connectivity index (χ1) is 12.3. The van der Waals surface area contributed by atoms with Crippen LogP contribution in [-0.4, -0.2) is 41.6 Å². The zero-order valence-electron chi connectivity index (χ0n) is 15.4. The van der Waals surface area contributed by atoms with Gasteiger partial charge in [-0.1, -0.05) is 6.07 Å². The fourth-order valence-electron chi connectivity index (χ4n) is 2.16. The summed E-state index contributed by atoms with van der Waals surface area (Å²) in [6.07, 6.45) is 0. The molecule has 1 heterocycles. The SMILES string of the molecule is CCOP(=O)(OCC)C(O)c1cccc(C(O)P(=O)(OCC)OCC)n1. The summed E-state index contributed by atoms with van der Waals surface area (Å²) in [6, 6.07) is 4.27. The van der Waals surface area contributed by atoms with Gasteiger partial charge in [-0.15, -0.1) is 0 Å². The highest BCUT2D eigenvalue weighted by Gasteiger charge is 2.39. The fraction of sp³-hybridized carbons (Fsp3) is 0.667. The Morgan fingerprint density at radius 2 is 1.12 bits per heavy atom. The molecule has 0 saturated carbocycles. The molecule has 0 saturated heterocycles. The van der Waals surface area contributed by atoms with Crippen LogP contribution in [-0.2, 0) is 27.2 Å². The van der Waals surface area contributed by atoms with Crippen LogP contribution in [0.3, 0.4) is 0 Å². The van der Waals surface area contributed by atoms with E-state index < -0.39 is 26.9 Å². The lowest BCUT2D eigenvalue weighted by atomic mass is 10.3. The number of pyridine rings is 1. The Morgan fingerprint density at radius 1 is 0.808 bits per heavy atom. The van der Waals surface area contributed by atoms with Crippen molar-refractivity contribution in [3.63, 3.8) is 0 Å². The van der Waals surface area contributed by atoms with Gasteiger partial charge in [0.1, 0.15) is 0 Å². The quantitative estimate of drug-likeness (QED) is 0.496. The van der Waals surface area contributed by atoms with Crippen LogP contribution in [0.25, 0.3) is 0 Å². The lowest BCUT2D eigenvalue weighted by molar-refractivity contribution is 0.143. The molecular weight excluding hydrogens is 384 g/mol. The number of aliphatic hydroxyl groups is 2. The van der Waals surface area contributed by atoms with Gasteiger partial charge in [0.05, 0.1) is 37.8 Å². The molecule has 0 aromatic carbocycles. The highest BCUT2D eigenvalue weighted by atomic mass is 31.2. The number of aromatic nitrogens is 1. The van der Waals surface area contributed by atoms with E-state index in [1.807, 2.05) is 0 Å². The van der Waals surface area contributed by atoms with Gasteiger partial charge in [0.15, 0.2) is 11.7 Å². The summed E-state index contributed by atoms with van der Waals surface area (Å²) >= 11 is 0. The van der Waals surface area contributed by atoms with E-state index >= 15 is 0 Å². The summed E-state index contributed by atoms with van der Waals surface area (Å²) in [7, 11) is -7.74. The Morgan fingerprint density at radius 3 is 1.38 bits per heavy atom. The monoisotopic (exact) mass is 411 g/mol. The Kier molecular flexibility index (Phi) is 9.58. The van der Waals surface area contributed by atoms with E-state index in [1.165, 1.54) is 18.2 Å². The Balaban J connectivity index is 3.20. The van der Waals surface area contributed by atoms with Crippen LogP contribution in [0.5, 0.6) is 0 Å². The first kappa shape index (κ1) is 23.4. The lowest BCUT2D eigenvalue weighted by Gasteiger charge is -2.24. The molecular formula is C15H27NO8P2. The zero-order valence-corrected chi connectivity index (χ0v) is 17.2. The first-order valence-corrected chi connectivity index (χ1v) is 11.6. The highest BCUT2D eigenvalue weighted by molar-refractivity contribution is 7.54. The molecule has 1 aromatic rings. The van der Waals surface area contributed by atoms with Crippen molar-refractivity contribution >= 4 is 15.2 Å². The molecule has 9 nitrogen and oxygen atoms in total. The summed E-state index contributed by atoms with van der Waals surface area (Å²) in [5.41, 5.74) is -0.0994. The smallest absolute Gasteiger partial charge is 0.365 e. The van der Waals surface area contributed by atoms with Crippen LogP contribution in [0.1, 0.15) is 50.8 Å². The van der Waals surface area contributed by atoms with Gasteiger partial charge in [-0.3, -0.25) is 14.1 Å². The lowest BCUT2D eigenvalue weighted by Crippen LogP contribution is -2.11. The standard InChI is InChI=1S/C15H27NO8P2/c1-5-21-25(19,22-6-2)14(17)12-10-9-11-13(16-12)15(18)26(20,23-7-3)24-8-4/h9-11,14-15,17-18H,5-8H2,1-4H3. The van der Waals surface area contributed by atoms with Crippen molar-refractivity contribution in [3.05, 3.63) is 29.6 Å². The van der Waals surface area contributed by atoms with Crippen LogP contribution < -0.4 is 0 Å². The number of hydrogen-bond donors (Lipinski definition) is 2. The molecule has 0 aliphatic carbocycles. The summed E-state index contributed by atoms with van der Waals surface area (Å²) < 4.78 is 45.8. The Bertz CT molecular complexity index is 585. The molecule has 26 heavy (non-hydrogen) atoms. The van der Waals surface area contributed by atoms with Gasteiger partial charge in [0.25, 0.3) is 0 Å². The number of hydrogen-bond acceptors (Lipinski definition) is 9. The molecule has 1 aromatic heterocycles. The van der Waals surface area contributed by atoms with Gasteiger partial charge in [-0.05, 0) is 39.8 Å². The van der Waals surface area contributed by atoms with Crippen molar-refractivity contribution in [2.75, 3.05) is 26.4 Å². The molecule has 0 fully saturated rings.